The second kappa shape index (κ2) is 7.69. The summed E-state index contributed by atoms with van der Waals surface area (Å²) < 4.78 is 6.34. The third-order valence-electron chi connectivity index (χ3n) is 8.47. The molecule has 1 nitrogen and oxygen atoms in total. The topological polar surface area (TPSA) is 9.23 Å². The third-order valence-corrected chi connectivity index (χ3v) is 8.47. The van der Waals surface area contributed by atoms with E-state index in [1.165, 1.54) is 60.8 Å². The molecule has 1 heteroatoms. The molecular weight excluding hydrogens is 460 g/mol. The molecule has 38 heavy (non-hydrogen) atoms. The molecule has 0 amide bonds. The van der Waals surface area contributed by atoms with Gasteiger partial charge in [0.25, 0.3) is 0 Å². The van der Waals surface area contributed by atoms with Gasteiger partial charge in [0, 0.05) is 16.4 Å². The molecular formula is C37H26O. The number of benzene rings is 6. The van der Waals surface area contributed by atoms with Crippen molar-refractivity contribution in [2.75, 3.05) is 0 Å². The van der Waals surface area contributed by atoms with E-state index in [0.29, 0.717) is 0 Å². The van der Waals surface area contributed by atoms with Gasteiger partial charge in [0.15, 0.2) is 0 Å². The summed E-state index contributed by atoms with van der Waals surface area (Å²) in [4.78, 5) is 0. The van der Waals surface area contributed by atoms with Crippen LogP contribution in [0.4, 0.5) is 0 Å². The molecule has 6 aromatic carbocycles. The molecule has 1 heterocycles. The molecule has 0 aromatic heterocycles. The quantitative estimate of drug-likeness (QED) is 0.236. The van der Waals surface area contributed by atoms with Crippen LogP contribution < -0.4 is 4.74 Å². The Balaban J connectivity index is 1.28. The van der Waals surface area contributed by atoms with Crippen LogP contribution >= 0.6 is 0 Å². The van der Waals surface area contributed by atoms with Crippen molar-refractivity contribution in [1.82, 2.24) is 0 Å². The molecule has 0 saturated heterocycles. The zero-order chi connectivity index (χ0) is 25.4. The van der Waals surface area contributed by atoms with E-state index >= 15 is 0 Å². The van der Waals surface area contributed by atoms with Gasteiger partial charge in [0.2, 0.25) is 0 Å². The Kier molecular flexibility index (Phi) is 4.35. The minimum absolute atomic E-state index is 0.00461. The lowest BCUT2D eigenvalue weighted by Gasteiger charge is -2.22. The molecule has 0 spiro atoms. The van der Waals surface area contributed by atoms with Crippen molar-refractivity contribution >= 4 is 10.8 Å². The molecule has 180 valence electrons. The molecule has 0 unspecified atom stereocenters. The van der Waals surface area contributed by atoms with E-state index in [2.05, 4.69) is 135 Å². The van der Waals surface area contributed by atoms with E-state index in [0.717, 1.165) is 17.1 Å². The molecule has 0 fully saturated rings. The minimum atomic E-state index is -0.00461. The van der Waals surface area contributed by atoms with Gasteiger partial charge < -0.3 is 4.74 Å². The van der Waals surface area contributed by atoms with E-state index in [9.17, 15) is 0 Å². The number of hydrogen-bond acceptors (Lipinski definition) is 1. The minimum Gasteiger partial charge on any atom is -0.456 e. The highest BCUT2D eigenvalue weighted by atomic mass is 16.5. The zero-order valence-electron chi connectivity index (χ0n) is 21.5. The molecule has 0 atom stereocenters. The fourth-order valence-electron chi connectivity index (χ4n) is 6.60. The number of ether oxygens (including phenoxy) is 1. The summed E-state index contributed by atoms with van der Waals surface area (Å²) in [6.45, 7) is 4.68. The van der Waals surface area contributed by atoms with E-state index in [-0.39, 0.29) is 5.41 Å². The Morgan fingerprint density at radius 1 is 0.474 bits per heavy atom. The molecule has 0 saturated carbocycles. The molecule has 0 N–H and O–H groups in total. The van der Waals surface area contributed by atoms with Crippen molar-refractivity contribution in [2.24, 2.45) is 0 Å². The SMILES string of the molecule is CC1(C)c2ccccc2-c2c(-c3cccc(-c4ccc5c(c4)-c4cccc6cccc(c46)O5)c3)cccc21. The first-order chi connectivity index (χ1) is 18.6. The molecule has 8 rings (SSSR count). The maximum atomic E-state index is 6.34. The highest BCUT2D eigenvalue weighted by molar-refractivity contribution is 6.04. The Hall–Kier alpha value is -4.62. The maximum absolute atomic E-state index is 6.34. The number of fused-ring (bicyclic) bond motifs is 5. The van der Waals surface area contributed by atoms with E-state index in [1.54, 1.807) is 0 Å². The average Bonchev–Trinajstić information content (AvgIpc) is 3.20. The summed E-state index contributed by atoms with van der Waals surface area (Å²) in [5, 5.41) is 2.40. The fourth-order valence-corrected chi connectivity index (χ4v) is 6.60. The van der Waals surface area contributed by atoms with Crippen LogP contribution in [-0.4, -0.2) is 0 Å². The lowest BCUT2D eigenvalue weighted by molar-refractivity contribution is 0.487. The average molecular weight is 487 g/mol. The van der Waals surface area contributed by atoms with Crippen molar-refractivity contribution in [3.05, 3.63) is 132 Å². The normalized spacial score (nSPS) is 13.9. The van der Waals surface area contributed by atoms with E-state index in [1.807, 2.05) is 0 Å². The highest BCUT2D eigenvalue weighted by Gasteiger charge is 2.36. The Morgan fingerprint density at radius 2 is 1.16 bits per heavy atom. The van der Waals surface area contributed by atoms with Crippen LogP contribution in [0.25, 0.3) is 55.3 Å². The second-order valence-corrected chi connectivity index (χ2v) is 11.0. The monoisotopic (exact) mass is 486 g/mol. The predicted molar refractivity (Wildman–Crippen MR) is 158 cm³/mol. The summed E-state index contributed by atoms with van der Waals surface area (Å²) in [6, 6.07) is 44.0. The Morgan fingerprint density at radius 3 is 2.08 bits per heavy atom. The molecule has 0 bridgehead atoms. The van der Waals surface area contributed by atoms with Gasteiger partial charge in [-0.3, -0.25) is 0 Å². The molecule has 0 radical (unpaired) electrons. The molecule has 1 aliphatic carbocycles. The van der Waals surface area contributed by atoms with Crippen molar-refractivity contribution in [2.45, 2.75) is 19.3 Å². The van der Waals surface area contributed by atoms with Crippen LogP contribution in [0.2, 0.25) is 0 Å². The molecule has 6 aromatic rings. The van der Waals surface area contributed by atoms with Gasteiger partial charge in [0.1, 0.15) is 11.5 Å². The van der Waals surface area contributed by atoms with Gasteiger partial charge >= 0.3 is 0 Å². The lowest BCUT2D eigenvalue weighted by Crippen LogP contribution is -2.14. The highest BCUT2D eigenvalue weighted by Crippen LogP contribution is 2.52. The van der Waals surface area contributed by atoms with Gasteiger partial charge in [-0.1, -0.05) is 111 Å². The van der Waals surface area contributed by atoms with Crippen molar-refractivity contribution in [1.29, 1.82) is 0 Å². The summed E-state index contributed by atoms with van der Waals surface area (Å²) in [5.74, 6) is 1.84. The summed E-state index contributed by atoms with van der Waals surface area (Å²) in [5.41, 5.74) is 12.8. The maximum Gasteiger partial charge on any atom is 0.135 e. The number of hydrogen-bond donors (Lipinski definition) is 0. The first-order valence-electron chi connectivity index (χ1n) is 13.3. The van der Waals surface area contributed by atoms with Gasteiger partial charge in [-0.05, 0) is 79.7 Å². The van der Waals surface area contributed by atoms with Crippen molar-refractivity contribution in [3.63, 3.8) is 0 Å². The Bertz CT molecular complexity index is 1920. The predicted octanol–water partition coefficient (Wildman–Crippen LogP) is 10.3. The summed E-state index contributed by atoms with van der Waals surface area (Å²) in [6.07, 6.45) is 0. The zero-order valence-corrected chi connectivity index (χ0v) is 21.5. The van der Waals surface area contributed by atoms with Gasteiger partial charge in [-0.25, -0.2) is 0 Å². The summed E-state index contributed by atoms with van der Waals surface area (Å²) in [7, 11) is 0. The van der Waals surface area contributed by atoms with E-state index < -0.39 is 0 Å². The smallest absolute Gasteiger partial charge is 0.135 e. The van der Waals surface area contributed by atoms with Crippen LogP contribution in [0.15, 0.2) is 121 Å². The van der Waals surface area contributed by atoms with Crippen LogP contribution in [0.1, 0.15) is 25.0 Å². The fraction of sp³-hybridized carbons (Fsp3) is 0.0811. The van der Waals surface area contributed by atoms with Crippen LogP contribution in [0, 0.1) is 0 Å². The largest absolute Gasteiger partial charge is 0.456 e. The van der Waals surface area contributed by atoms with Crippen LogP contribution in [0.5, 0.6) is 11.5 Å². The first kappa shape index (κ1) is 21.5. The van der Waals surface area contributed by atoms with Gasteiger partial charge in [-0.15, -0.1) is 0 Å². The van der Waals surface area contributed by atoms with Gasteiger partial charge in [-0.2, -0.15) is 0 Å². The molecule has 2 aliphatic rings. The van der Waals surface area contributed by atoms with Gasteiger partial charge in [0.05, 0.1) is 0 Å². The Labute approximate surface area is 223 Å². The van der Waals surface area contributed by atoms with Crippen molar-refractivity contribution in [3.8, 4) is 56.0 Å². The number of rotatable bonds is 2. The molecule has 1 aliphatic heterocycles. The third kappa shape index (κ3) is 2.93. The van der Waals surface area contributed by atoms with E-state index in [4.69, 9.17) is 4.74 Å². The van der Waals surface area contributed by atoms with Crippen LogP contribution in [-0.2, 0) is 5.41 Å². The van der Waals surface area contributed by atoms with Crippen LogP contribution in [0.3, 0.4) is 0 Å². The van der Waals surface area contributed by atoms with Crippen molar-refractivity contribution < 1.29 is 4.74 Å². The standard InChI is InChI=1S/C37H26O/c1-37(2)31-16-4-3-13-29(31)36-27(14-8-17-32(36)37)26-12-5-11-24(21-26)25-19-20-33-30(22-25)28-15-6-9-23-10-7-18-34(38-33)35(23)28/h3-22H,1-2H3. The lowest BCUT2D eigenvalue weighted by atomic mass is 9.82. The first-order valence-corrected chi connectivity index (χ1v) is 13.3. The second-order valence-electron chi connectivity index (χ2n) is 11.0. The summed E-state index contributed by atoms with van der Waals surface area (Å²) >= 11 is 0.